The van der Waals surface area contributed by atoms with E-state index in [4.69, 9.17) is 9.47 Å². The van der Waals surface area contributed by atoms with Crippen molar-refractivity contribution in [2.24, 2.45) is 16.7 Å². The van der Waals surface area contributed by atoms with E-state index in [-0.39, 0.29) is 30.7 Å². The zero-order chi connectivity index (χ0) is 27.2. The molecule has 9 heteroatoms. The largest absolute Gasteiger partial charge is 0.480 e. The van der Waals surface area contributed by atoms with Crippen LogP contribution in [0.4, 0.5) is 5.69 Å². The van der Waals surface area contributed by atoms with Gasteiger partial charge in [0.05, 0.1) is 22.9 Å². The third kappa shape index (κ3) is 2.25. The van der Waals surface area contributed by atoms with E-state index >= 15 is 0 Å². The number of rotatable bonds is 0. The minimum Gasteiger partial charge on any atom is -0.480 e. The maximum absolute atomic E-state index is 14.2. The number of carbonyl (C=O) groups is 4. The molecule has 2 saturated heterocycles. The maximum Gasteiger partial charge on any atom is 0.290 e. The molecule has 7 rings (SSSR count). The number of benzene rings is 1. The maximum atomic E-state index is 14.2. The van der Waals surface area contributed by atoms with Crippen LogP contribution in [0.2, 0.25) is 0 Å². The molecule has 1 N–H and O–H groups in total. The SMILES string of the molecule is C[C@H]1C23C[C@@]4(C(=O)Nc5c4ccc4c5OC=CC(C)(C)O4)C(C)(C)C12CN1C(=O)C(=O)CC[C@@H]1C(=O)N3C. The summed E-state index contributed by atoms with van der Waals surface area (Å²) in [6.45, 7) is 10.4. The van der Waals surface area contributed by atoms with Gasteiger partial charge >= 0.3 is 0 Å². The molecule has 38 heavy (non-hydrogen) atoms. The predicted molar refractivity (Wildman–Crippen MR) is 136 cm³/mol. The molecule has 200 valence electrons. The first kappa shape index (κ1) is 23.7. The average Bonchev–Trinajstić information content (AvgIpc) is 3.24. The second-order valence-electron chi connectivity index (χ2n) is 13.0. The number of fused-ring (bicyclic) bond motifs is 5. The Balaban J connectivity index is 1.41. The normalized spacial score (nSPS) is 39.2. The Labute approximate surface area is 221 Å². The number of nitrogens with one attached hydrogen (secondary N) is 1. The topological polar surface area (TPSA) is 105 Å². The summed E-state index contributed by atoms with van der Waals surface area (Å²) in [6.07, 6.45) is 4.29. The number of piperidine rings is 1. The van der Waals surface area contributed by atoms with Crippen LogP contribution in [0.15, 0.2) is 24.5 Å². The van der Waals surface area contributed by atoms with Gasteiger partial charge in [-0.25, -0.2) is 0 Å². The Morgan fingerprint density at radius 1 is 1.08 bits per heavy atom. The lowest BCUT2D eigenvalue weighted by Crippen LogP contribution is -2.59. The first-order valence-electron chi connectivity index (χ1n) is 13.4. The van der Waals surface area contributed by atoms with Crippen LogP contribution in [-0.2, 0) is 24.6 Å². The van der Waals surface area contributed by atoms with E-state index in [9.17, 15) is 19.2 Å². The van der Waals surface area contributed by atoms with E-state index in [0.29, 0.717) is 30.0 Å². The van der Waals surface area contributed by atoms with E-state index in [1.54, 1.807) is 6.26 Å². The molecule has 2 saturated carbocycles. The molecule has 1 aromatic carbocycles. The molecule has 2 unspecified atom stereocenters. The number of Topliss-reactive ketones (excluding diaryl/α,β-unsaturated/α-hetero) is 1. The second-order valence-corrected chi connectivity index (χ2v) is 13.0. The van der Waals surface area contributed by atoms with Crippen molar-refractivity contribution in [1.82, 2.24) is 9.80 Å². The van der Waals surface area contributed by atoms with Gasteiger partial charge in [-0.2, -0.15) is 0 Å². The summed E-state index contributed by atoms with van der Waals surface area (Å²) in [7, 11) is 1.81. The number of nitrogens with zero attached hydrogens (tertiary/aromatic N) is 2. The van der Waals surface area contributed by atoms with Crippen LogP contribution in [0.3, 0.4) is 0 Å². The van der Waals surface area contributed by atoms with E-state index in [2.05, 4.69) is 26.1 Å². The highest BCUT2D eigenvalue weighted by Crippen LogP contribution is 2.86. The average molecular weight is 520 g/mol. The van der Waals surface area contributed by atoms with Crippen molar-refractivity contribution >= 4 is 29.2 Å². The third-order valence-electron chi connectivity index (χ3n) is 11.3. The fraction of sp³-hybridized carbons (Fsp3) is 0.586. The summed E-state index contributed by atoms with van der Waals surface area (Å²) in [5.41, 5.74) is -2.00. The number of carbonyl (C=O) groups excluding carboxylic acids is 4. The Morgan fingerprint density at radius 2 is 1.82 bits per heavy atom. The van der Waals surface area contributed by atoms with Crippen molar-refractivity contribution in [2.75, 3.05) is 18.9 Å². The molecule has 0 radical (unpaired) electrons. The summed E-state index contributed by atoms with van der Waals surface area (Å²) >= 11 is 0. The molecular formula is C29H33N3O6. The van der Waals surface area contributed by atoms with Crippen molar-refractivity contribution in [2.45, 2.75) is 76.5 Å². The monoisotopic (exact) mass is 519 g/mol. The Bertz CT molecular complexity index is 1410. The van der Waals surface area contributed by atoms with Gasteiger partial charge in [-0.1, -0.05) is 26.8 Å². The lowest BCUT2D eigenvalue weighted by atomic mass is 9.57. The first-order valence-corrected chi connectivity index (χ1v) is 13.4. The van der Waals surface area contributed by atoms with Crippen LogP contribution in [0.25, 0.3) is 0 Å². The van der Waals surface area contributed by atoms with Crippen molar-refractivity contribution in [3.8, 4) is 11.5 Å². The van der Waals surface area contributed by atoms with Gasteiger partial charge in [0.2, 0.25) is 17.6 Å². The summed E-state index contributed by atoms with van der Waals surface area (Å²) < 4.78 is 12.2. The summed E-state index contributed by atoms with van der Waals surface area (Å²) in [4.78, 5) is 57.0. The lowest BCUT2D eigenvalue weighted by molar-refractivity contribution is -0.156. The number of anilines is 1. The van der Waals surface area contributed by atoms with E-state index < -0.39 is 45.1 Å². The summed E-state index contributed by atoms with van der Waals surface area (Å²) in [5, 5.41) is 3.13. The number of ketones is 1. The fourth-order valence-corrected chi connectivity index (χ4v) is 9.30. The Hall–Kier alpha value is -3.36. The van der Waals surface area contributed by atoms with Gasteiger partial charge in [0.25, 0.3) is 5.91 Å². The van der Waals surface area contributed by atoms with Crippen LogP contribution in [-0.4, -0.2) is 64.1 Å². The van der Waals surface area contributed by atoms with Crippen LogP contribution >= 0.6 is 0 Å². The number of hydrogen-bond acceptors (Lipinski definition) is 6. The zero-order valence-electron chi connectivity index (χ0n) is 22.6. The Morgan fingerprint density at radius 3 is 2.55 bits per heavy atom. The number of hydrogen-bond donors (Lipinski definition) is 1. The molecule has 1 spiro atoms. The molecule has 1 aromatic rings. The van der Waals surface area contributed by atoms with Crippen LogP contribution in [0.5, 0.6) is 11.5 Å². The minimum absolute atomic E-state index is 0.0383. The van der Waals surface area contributed by atoms with E-state index in [0.717, 1.165) is 5.56 Å². The molecule has 9 nitrogen and oxygen atoms in total. The van der Waals surface area contributed by atoms with E-state index in [1.165, 1.54) is 4.90 Å². The van der Waals surface area contributed by atoms with Crippen molar-refractivity contribution in [3.05, 3.63) is 30.0 Å². The molecule has 2 aliphatic carbocycles. The molecule has 0 bridgehead atoms. The predicted octanol–water partition coefficient (Wildman–Crippen LogP) is 2.78. The molecule has 4 heterocycles. The van der Waals surface area contributed by atoms with Gasteiger partial charge in [0.15, 0.2) is 11.5 Å². The molecule has 6 aliphatic rings. The van der Waals surface area contributed by atoms with E-state index in [1.807, 2.05) is 44.0 Å². The third-order valence-corrected chi connectivity index (χ3v) is 11.3. The van der Waals surface area contributed by atoms with Gasteiger partial charge in [0, 0.05) is 25.4 Å². The molecule has 0 aromatic heterocycles. The minimum atomic E-state index is -0.969. The molecular weight excluding hydrogens is 486 g/mol. The van der Waals surface area contributed by atoms with Crippen molar-refractivity contribution < 1.29 is 28.7 Å². The highest BCUT2D eigenvalue weighted by atomic mass is 16.5. The standard InChI is InChI=1S/C29H33N3O6/c1-15-28-14-32-17(8-9-18(33)23(32)35)22(34)31(6)29(15,28)13-27(26(28,4)5)16-7-10-19-21(20(16)30-24(27)36)37-12-11-25(2,3)38-19/h7,10-12,15,17H,8-9,13-14H2,1-6H3,(H,30,36)/t15-,17-,27-,28?,29?/m1/s1. The van der Waals surface area contributed by atoms with Crippen LogP contribution in [0.1, 0.15) is 59.4 Å². The molecule has 4 aliphatic heterocycles. The zero-order valence-corrected chi connectivity index (χ0v) is 22.6. The lowest BCUT2D eigenvalue weighted by Gasteiger charge is -2.47. The van der Waals surface area contributed by atoms with Gasteiger partial charge in [-0.3, -0.25) is 19.2 Å². The molecule has 3 amide bonds. The fourth-order valence-electron chi connectivity index (χ4n) is 9.30. The van der Waals surface area contributed by atoms with Gasteiger partial charge < -0.3 is 24.6 Å². The quantitative estimate of drug-likeness (QED) is 0.529. The highest BCUT2D eigenvalue weighted by molar-refractivity contribution is 6.37. The number of amides is 3. The smallest absolute Gasteiger partial charge is 0.290 e. The summed E-state index contributed by atoms with van der Waals surface area (Å²) in [5.74, 6) is -0.256. The van der Waals surface area contributed by atoms with Crippen LogP contribution < -0.4 is 14.8 Å². The van der Waals surface area contributed by atoms with Crippen LogP contribution in [0, 0.1) is 16.7 Å². The van der Waals surface area contributed by atoms with Gasteiger partial charge in [-0.05, 0) is 55.7 Å². The molecule has 4 fully saturated rings. The van der Waals surface area contributed by atoms with Crippen molar-refractivity contribution in [3.63, 3.8) is 0 Å². The number of ether oxygens (including phenoxy) is 2. The van der Waals surface area contributed by atoms with Crippen molar-refractivity contribution in [1.29, 1.82) is 0 Å². The number of likely N-dealkylation sites (N-methyl/N-ethyl adjacent to an activating group) is 1. The second kappa shape index (κ2) is 6.61. The Kier molecular flexibility index (Phi) is 4.13. The summed E-state index contributed by atoms with van der Waals surface area (Å²) in [6, 6.07) is 3.17. The molecule has 5 atom stereocenters. The first-order chi connectivity index (χ1) is 17.8. The van der Waals surface area contributed by atoms with Gasteiger partial charge in [-0.15, -0.1) is 0 Å². The highest BCUT2D eigenvalue weighted by Gasteiger charge is 2.93. The van der Waals surface area contributed by atoms with Gasteiger partial charge in [0.1, 0.15) is 11.6 Å².